The van der Waals surface area contributed by atoms with Gasteiger partial charge in [0.2, 0.25) is 0 Å². The van der Waals surface area contributed by atoms with Crippen molar-refractivity contribution in [3.8, 4) is 22.8 Å². The van der Waals surface area contributed by atoms with E-state index in [0.717, 1.165) is 35.3 Å². The van der Waals surface area contributed by atoms with Gasteiger partial charge >= 0.3 is 5.97 Å². The number of fused-ring (bicyclic) bond motifs is 2. The largest absolute Gasteiger partial charge is 0.493 e. The van der Waals surface area contributed by atoms with Crippen LogP contribution in [0.1, 0.15) is 32.8 Å². The fourth-order valence-corrected chi connectivity index (χ4v) is 4.41. The van der Waals surface area contributed by atoms with E-state index in [0.29, 0.717) is 29.3 Å². The average molecular weight is 473 g/mol. The van der Waals surface area contributed by atoms with Crippen LogP contribution in [0.4, 0.5) is 5.69 Å². The van der Waals surface area contributed by atoms with Crippen LogP contribution in [0.2, 0.25) is 0 Å². The molecule has 0 aliphatic carbocycles. The summed E-state index contributed by atoms with van der Waals surface area (Å²) >= 11 is 0. The second-order valence-electron chi connectivity index (χ2n) is 8.09. The van der Waals surface area contributed by atoms with Crippen molar-refractivity contribution in [1.82, 2.24) is 14.6 Å². The Bertz CT molecular complexity index is 1450. The van der Waals surface area contributed by atoms with Gasteiger partial charge in [-0.2, -0.15) is 5.10 Å². The van der Waals surface area contributed by atoms with Crippen molar-refractivity contribution in [2.75, 3.05) is 32.8 Å². The van der Waals surface area contributed by atoms with Crippen molar-refractivity contribution >= 4 is 23.2 Å². The predicted molar refractivity (Wildman–Crippen MR) is 129 cm³/mol. The van der Waals surface area contributed by atoms with Gasteiger partial charge in [0.25, 0.3) is 5.91 Å². The van der Waals surface area contributed by atoms with E-state index < -0.39 is 5.97 Å². The number of rotatable bonds is 5. The molecule has 9 nitrogen and oxygen atoms in total. The average Bonchev–Trinajstić information content (AvgIpc) is 3.35. The summed E-state index contributed by atoms with van der Waals surface area (Å²) < 4.78 is 17.3. The van der Waals surface area contributed by atoms with Crippen LogP contribution < -0.4 is 14.4 Å². The number of nitrogens with zero attached hydrogens (tertiary/aromatic N) is 4. The minimum Gasteiger partial charge on any atom is -0.493 e. The zero-order chi connectivity index (χ0) is 24.5. The maximum atomic E-state index is 13.5. The second kappa shape index (κ2) is 9.09. The molecule has 35 heavy (non-hydrogen) atoms. The number of esters is 1. The third-order valence-corrected chi connectivity index (χ3v) is 6.12. The van der Waals surface area contributed by atoms with E-state index >= 15 is 0 Å². The van der Waals surface area contributed by atoms with Crippen molar-refractivity contribution in [3.05, 3.63) is 71.5 Å². The van der Waals surface area contributed by atoms with Gasteiger partial charge in [-0.05, 0) is 60.9 Å². The first-order chi connectivity index (χ1) is 17.0. The fourth-order valence-electron chi connectivity index (χ4n) is 4.41. The van der Waals surface area contributed by atoms with E-state index in [2.05, 4.69) is 10.1 Å². The van der Waals surface area contributed by atoms with Crippen LogP contribution >= 0.6 is 0 Å². The summed E-state index contributed by atoms with van der Waals surface area (Å²) in [6, 6.07) is 14.4. The highest BCUT2D eigenvalue weighted by Crippen LogP contribution is 2.33. The van der Waals surface area contributed by atoms with Crippen LogP contribution in [0.25, 0.3) is 16.9 Å². The number of methoxy groups -OCH3 is 3. The van der Waals surface area contributed by atoms with E-state index in [-0.39, 0.29) is 11.6 Å². The Labute approximate surface area is 201 Å². The molecule has 1 amide bonds. The summed E-state index contributed by atoms with van der Waals surface area (Å²) in [6.07, 6.45) is 3.24. The molecule has 0 fully saturated rings. The number of benzene rings is 2. The van der Waals surface area contributed by atoms with E-state index in [1.165, 1.54) is 7.11 Å². The highest BCUT2D eigenvalue weighted by molar-refractivity contribution is 6.06. The Balaban J connectivity index is 1.52. The molecule has 0 saturated heterocycles. The van der Waals surface area contributed by atoms with E-state index in [4.69, 9.17) is 14.2 Å². The van der Waals surface area contributed by atoms with Gasteiger partial charge in [-0.15, -0.1) is 0 Å². The van der Waals surface area contributed by atoms with Gasteiger partial charge < -0.3 is 19.1 Å². The molecule has 0 spiro atoms. The molecule has 0 saturated carbocycles. The molecule has 1 aliphatic heterocycles. The Morgan fingerprint density at radius 2 is 1.77 bits per heavy atom. The Morgan fingerprint density at radius 3 is 2.54 bits per heavy atom. The first-order valence-electron chi connectivity index (χ1n) is 11.1. The van der Waals surface area contributed by atoms with Gasteiger partial charge in [0.05, 0.1) is 32.6 Å². The van der Waals surface area contributed by atoms with Gasteiger partial charge in [-0.3, -0.25) is 4.79 Å². The number of aromatic nitrogens is 3. The van der Waals surface area contributed by atoms with Crippen molar-refractivity contribution in [3.63, 3.8) is 0 Å². The van der Waals surface area contributed by atoms with Crippen molar-refractivity contribution in [2.45, 2.75) is 12.8 Å². The van der Waals surface area contributed by atoms with Gasteiger partial charge in [0.1, 0.15) is 0 Å². The number of hydrogen-bond acceptors (Lipinski definition) is 7. The number of carbonyl (C=O) groups is 2. The number of aryl methyl sites for hydroxylation is 1. The number of anilines is 1. The molecule has 9 heteroatoms. The maximum absolute atomic E-state index is 13.5. The molecule has 2 aromatic carbocycles. The lowest BCUT2D eigenvalue weighted by Gasteiger charge is -2.29. The number of hydrogen-bond donors (Lipinski definition) is 0. The molecule has 0 atom stereocenters. The first kappa shape index (κ1) is 22.4. The molecular weight excluding hydrogens is 448 g/mol. The van der Waals surface area contributed by atoms with E-state index in [9.17, 15) is 9.59 Å². The summed E-state index contributed by atoms with van der Waals surface area (Å²) in [4.78, 5) is 31.6. The molecule has 3 heterocycles. The predicted octanol–water partition coefficient (Wildman–Crippen LogP) is 3.79. The van der Waals surface area contributed by atoms with Crippen molar-refractivity contribution in [1.29, 1.82) is 0 Å². The lowest BCUT2D eigenvalue weighted by molar-refractivity contribution is 0.0600. The Kier molecular flexibility index (Phi) is 5.82. The van der Waals surface area contributed by atoms with Gasteiger partial charge in [-0.25, -0.2) is 14.3 Å². The van der Waals surface area contributed by atoms with Crippen LogP contribution in [0, 0.1) is 0 Å². The monoisotopic (exact) mass is 472 g/mol. The van der Waals surface area contributed by atoms with E-state index in [1.807, 2.05) is 24.3 Å². The Hall–Kier alpha value is -4.40. The zero-order valence-electron chi connectivity index (χ0n) is 19.6. The second-order valence-corrected chi connectivity index (χ2v) is 8.09. The third kappa shape index (κ3) is 3.95. The quantitative estimate of drug-likeness (QED) is 0.408. The summed E-state index contributed by atoms with van der Waals surface area (Å²) in [7, 11) is 4.52. The lowest BCUT2D eigenvalue weighted by Crippen LogP contribution is -2.35. The summed E-state index contributed by atoms with van der Waals surface area (Å²) in [6.45, 7) is 0.563. The topological polar surface area (TPSA) is 95.3 Å². The molecule has 5 rings (SSSR count). The smallest absolute Gasteiger partial charge is 0.337 e. The molecular formula is C26H24N4O5. The number of ether oxygens (including phenoxy) is 3. The van der Waals surface area contributed by atoms with Gasteiger partial charge in [-0.1, -0.05) is 0 Å². The van der Waals surface area contributed by atoms with Crippen LogP contribution in [0.15, 0.2) is 54.7 Å². The molecule has 0 unspecified atom stereocenters. The van der Waals surface area contributed by atoms with Crippen LogP contribution in [-0.2, 0) is 11.2 Å². The highest BCUT2D eigenvalue weighted by Gasteiger charge is 2.27. The first-order valence-corrected chi connectivity index (χ1v) is 11.1. The Morgan fingerprint density at radius 1 is 0.943 bits per heavy atom. The molecule has 4 aromatic rings. The number of carbonyl (C=O) groups excluding carboxylic acids is 2. The zero-order valence-corrected chi connectivity index (χ0v) is 19.6. The van der Waals surface area contributed by atoms with Crippen LogP contribution in [-0.4, -0.2) is 54.3 Å². The molecule has 0 radical (unpaired) electrons. The molecule has 2 aromatic heterocycles. The normalized spacial score (nSPS) is 12.8. The lowest BCUT2D eigenvalue weighted by atomic mass is 9.99. The van der Waals surface area contributed by atoms with E-state index in [1.54, 1.807) is 54.1 Å². The summed E-state index contributed by atoms with van der Waals surface area (Å²) in [5.41, 5.74) is 4.62. The standard InChI is InChI=1S/C26H24N4O5/c1-33-22-9-7-17(14-23(22)34-2)21-10-11-27-24-15-19(28-30(21)24)25(31)29-12-4-5-16-13-18(26(32)35-3)6-8-20(16)29/h6-11,13-15H,4-5,12H2,1-3H3. The summed E-state index contributed by atoms with van der Waals surface area (Å²) in [5, 5.41) is 4.61. The molecule has 1 aliphatic rings. The van der Waals surface area contributed by atoms with Crippen molar-refractivity contribution < 1.29 is 23.8 Å². The third-order valence-electron chi connectivity index (χ3n) is 6.12. The minimum atomic E-state index is -0.398. The van der Waals surface area contributed by atoms with Gasteiger partial charge in [0.15, 0.2) is 22.8 Å². The summed E-state index contributed by atoms with van der Waals surface area (Å²) in [5.74, 6) is 0.595. The highest BCUT2D eigenvalue weighted by atomic mass is 16.5. The molecule has 0 bridgehead atoms. The van der Waals surface area contributed by atoms with Crippen LogP contribution in [0.5, 0.6) is 11.5 Å². The molecule has 178 valence electrons. The van der Waals surface area contributed by atoms with Crippen LogP contribution in [0.3, 0.4) is 0 Å². The van der Waals surface area contributed by atoms with Crippen molar-refractivity contribution in [2.24, 2.45) is 0 Å². The fraction of sp³-hybridized carbons (Fsp3) is 0.231. The van der Waals surface area contributed by atoms with Gasteiger partial charge in [0, 0.05) is 30.1 Å². The maximum Gasteiger partial charge on any atom is 0.337 e. The molecule has 0 N–H and O–H groups in total. The SMILES string of the molecule is COC(=O)c1ccc2c(c1)CCCN2C(=O)c1cc2nccc(-c3ccc(OC)c(OC)c3)n2n1. The minimum absolute atomic E-state index is 0.222. The number of amides is 1.